The van der Waals surface area contributed by atoms with Crippen LogP contribution in [0.15, 0.2) is 24.3 Å². The molecule has 0 heterocycles. The second-order valence-electron chi connectivity index (χ2n) is 2.99. The van der Waals surface area contributed by atoms with Gasteiger partial charge < -0.3 is 4.90 Å². The number of amides is 1. The number of hydrogen-bond donors (Lipinski definition) is 0. The summed E-state index contributed by atoms with van der Waals surface area (Å²) in [6.45, 7) is 2.44. The van der Waals surface area contributed by atoms with Crippen LogP contribution in [-0.2, 0) is 0 Å². The maximum Gasteiger partial charge on any atom is 0.254 e. The lowest BCUT2D eigenvalue weighted by Crippen LogP contribution is -2.31. The van der Waals surface area contributed by atoms with Crippen LogP contribution in [0.4, 0.5) is 0 Å². The molecule has 0 unspecified atom stereocenters. The summed E-state index contributed by atoms with van der Waals surface area (Å²) in [4.78, 5) is 13.3. The molecule has 0 fully saturated rings. The Morgan fingerprint density at radius 3 is 2.87 bits per heavy atom. The highest BCUT2D eigenvalue weighted by molar-refractivity contribution is 6.30. The highest BCUT2D eigenvalue weighted by Crippen LogP contribution is 2.12. The van der Waals surface area contributed by atoms with Gasteiger partial charge in [0.05, 0.1) is 6.07 Å². The van der Waals surface area contributed by atoms with E-state index in [2.05, 4.69) is 0 Å². The Bertz CT molecular complexity index is 398. The molecule has 0 spiro atoms. The molecular weight excluding hydrogens is 212 g/mol. The average Bonchev–Trinajstić information content (AvgIpc) is 2.25. The van der Waals surface area contributed by atoms with Crippen molar-refractivity contribution in [3.63, 3.8) is 0 Å². The molecule has 0 N–H and O–H groups in total. The predicted octanol–water partition coefficient (Wildman–Crippen LogP) is 2.33. The van der Waals surface area contributed by atoms with E-state index in [1.165, 1.54) is 4.90 Å². The quantitative estimate of drug-likeness (QED) is 0.737. The van der Waals surface area contributed by atoms with Crippen molar-refractivity contribution in [2.45, 2.75) is 6.92 Å². The van der Waals surface area contributed by atoms with E-state index in [1.54, 1.807) is 24.3 Å². The molecule has 0 atom stereocenters. The summed E-state index contributed by atoms with van der Waals surface area (Å²) in [5.74, 6) is -0.165. The van der Waals surface area contributed by atoms with Gasteiger partial charge in [0.2, 0.25) is 0 Å². The largest absolute Gasteiger partial charge is 0.326 e. The number of benzene rings is 1. The van der Waals surface area contributed by atoms with Gasteiger partial charge in [-0.25, -0.2) is 0 Å². The molecule has 0 aliphatic rings. The molecule has 0 radical (unpaired) electrons. The van der Waals surface area contributed by atoms with Crippen molar-refractivity contribution in [1.29, 1.82) is 5.26 Å². The lowest BCUT2D eigenvalue weighted by molar-refractivity contribution is 0.0784. The maximum absolute atomic E-state index is 11.8. The maximum atomic E-state index is 11.8. The number of hydrogen-bond acceptors (Lipinski definition) is 2. The first-order valence-corrected chi connectivity index (χ1v) is 4.98. The molecular formula is C11H11ClN2O. The zero-order valence-corrected chi connectivity index (χ0v) is 9.16. The van der Waals surface area contributed by atoms with Crippen molar-refractivity contribution in [1.82, 2.24) is 4.90 Å². The number of nitriles is 1. The Morgan fingerprint density at radius 2 is 2.33 bits per heavy atom. The van der Waals surface area contributed by atoms with Gasteiger partial charge in [-0.3, -0.25) is 4.79 Å². The molecule has 0 bridgehead atoms. The molecule has 0 aliphatic heterocycles. The number of rotatable bonds is 3. The van der Waals surface area contributed by atoms with Gasteiger partial charge in [0, 0.05) is 17.1 Å². The molecule has 0 aliphatic carbocycles. The molecule has 4 heteroatoms. The van der Waals surface area contributed by atoms with Crippen molar-refractivity contribution in [2.75, 3.05) is 13.1 Å². The Balaban J connectivity index is 2.88. The van der Waals surface area contributed by atoms with Crippen LogP contribution >= 0.6 is 11.6 Å². The van der Waals surface area contributed by atoms with Gasteiger partial charge in [-0.1, -0.05) is 17.7 Å². The molecule has 1 aromatic carbocycles. The lowest BCUT2D eigenvalue weighted by Gasteiger charge is -2.17. The van der Waals surface area contributed by atoms with Gasteiger partial charge in [-0.2, -0.15) is 5.26 Å². The van der Waals surface area contributed by atoms with E-state index >= 15 is 0 Å². The Kier molecular flexibility index (Phi) is 4.14. The summed E-state index contributed by atoms with van der Waals surface area (Å²) < 4.78 is 0. The zero-order valence-electron chi connectivity index (χ0n) is 8.40. The van der Waals surface area contributed by atoms with Crippen LogP contribution in [0, 0.1) is 11.3 Å². The summed E-state index contributed by atoms with van der Waals surface area (Å²) in [5.41, 5.74) is 0.514. The second kappa shape index (κ2) is 5.38. The molecule has 78 valence electrons. The van der Waals surface area contributed by atoms with Gasteiger partial charge in [-0.15, -0.1) is 0 Å². The van der Waals surface area contributed by atoms with Gasteiger partial charge >= 0.3 is 0 Å². The van der Waals surface area contributed by atoms with Crippen LogP contribution in [-0.4, -0.2) is 23.9 Å². The van der Waals surface area contributed by atoms with E-state index in [0.29, 0.717) is 17.1 Å². The summed E-state index contributed by atoms with van der Waals surface area (Å²) in [6.07, 6.45) is 0. The van der Waals surface area contributed by atoms with Crippen LogP contribution in [0.25, 0.3) is 0 Å². The first-order chi connectivity index (χ1) is 7.19. The Labute approximate surface area is 93.9 Å². The molecule has 1 aromatic rings. The average molecular weight is 223 g/mol. The second-order valence-corrected chi connectivity index (χ2v) is 3.42. The smallest absolute Gasteiger partial charge is 0.254 e. The molecule has 0 saturated carbocycles. The summed E-state index contributed by atoms with van der Waals surface area (Å²) in [5, 5.41) is 9.07. The number of carbonyl (C=O) groups is 1. The fourth-order valence-electron chi connectivity index (χ4n) is 1.22. The van der Waals surface area contributed by atoms with Crippen molar-refractivity contribution in [3.8, 4) is 6.07 Å². The van der Waals surface area contributed by atoms with Crippen LogP contribution < -0.4 is 0 Å². The minimum absolute atomic E-state index is 0.0991. The predicted molar refractivity (Wildman–Crippen MR) is 58.6 cm³/mol. The molecule has 15 heavy (non-hydrogen) atoms. The highest BCUT2D eigenvalue weighted by atomic mass is 35.5. The minimum atomic E-state index is -0.165. The molecule has 1 rings (SSSR count). The SMILES string of the molecule is CCN(CC#N)C(=O)c1cccc(Cl)c1. The molecule has 0 aromatic heterocycles. The Morgan fingerprint density at radius 1 is 1.60 bits per heavy atom. The summed E-state index contributed by atoms with van der Waals surface area (Å²) >= 11 is 5.78. The lowest BCUT2D eigenvalue weighted by atomic mass is 10.2. The van der Waals surface area contributed by atoms with Gasteiger partial charge in [0.1, 0.15) is 6.54 Å². The van der Waals surface area contributed by atoms with E-state index in [0.717, 1.165) is 0 Å². The van der Waals surface area contributed by atoms with Crippen molar-refractivity contribution < 1.29 is 4.79 Å². The van der Waals surface area contributed by atoms with E-state index in [9.17, 15) is 4.79 Å². The van der Waals surface area contributed by atoms with E-state index < -0.39 is 0 Å². The third-order valence-electron chi connectivity index (χ3n) is 2.00. The molecule has 1 amide bonds. The van der Waals surface area contributed by atoms with Crippen LogP contribution in [0.2, 0.25) is 5.02 Å². The standard InChI is InChI=1S/C11H11ClN2O/c1-2-14(7-6-13)11(15)9-4-3-5-10(12)8-9/h3-5,8H,2,7H2,1H3. The number of carbonyl (C=O) groups excluding carboxylic acids is 1. The number of nitrogens with zero attached hydrogens (tertiary/aromatic N) is 2. The van der Waals surface area contributed by atoms with Gasteiger partial charge in [0.25, 0.3) is 5.91 Å². The first-order valence-electron chi connectivity index (χ1n) is 4.60. The molecule has 0 saturated heterocycles. The van der Waals surface area contributed by atoms with Crippen LogP contribution in [0.3, 0.4) is 0 Å². The fourth-order valence-corrected chi connectivity index (χ4v) is 1.41. The van der Waals surface area contributed by atoms with E-state index in [-0.39, 0.29) is 12.5 Å². The van der Waals surface area contributed by atoms with Crippen molar-refractivity contribution in [3.05, 3.63) is 34.9 Å². The van der Waals surface area contributed by atoms with Crippen LogP contribution in [0.1, 0.15) is 17.3 Å². The topological polar surface area (TPSA) is 44.1 Å². The van der Waals surface area contributed by atoms with E-state index in [1.807, 2.05) is 13.0 Å². The van der Waals surface area contributed by atoms with Crippen molar-refractivity contribution in [2.24, 2.45) is 0 Å². The fraction of sp³-hybridized carbons (Fsp3) is 0.273. The van der Waals surface area contributed by atoms with Crippen molar-refractivity contribution >= 4 is 17.5 Å². The van der Waals surface area contributed by atoms with Gasteiger partial charge in [-0.05, 0) is 25.1 Å². The summed E-state index contributed by atoms with van der Waals surface area (Å²) in [6, 6.07) is 8.67. The summed E-state index contributed by atoms with van der Waals surface area (Å²) in [7, 11) is 0. The first kappa shape index (κ1) is 11.5. The van der Waals surface area contributed by atoms with Gasteiger partial charge in [0.15, 0.2) is 0 Å². The third kappa shape index (κ3) is 2.97. The van der Waals surface area contributed by atoms with E-state index in [4.69, 9.17) is 16.9 Å². The zero-order chi connectivity index (χ0) is 11.3. The monoisotopic (exact) mass is 222 g/mol. The Hall–Kier alpha value is -1.53. The van der Waals surface area contributed by atoms with Crippen LogP contribution in [0.5, 0.6) is 0 Å². The highest BCUT2D eigenvalue weighted by Gasteiger charge is 2.13. The molecule has 3 nitrogen and oxygen atoms in total. The third-order valence-corrected chi connectivity index (χ3v) is 2.24. The number of halogens is 1. The normalized spacial score (nSPS) is 9.40. The minimum Gasteiger partial charge on any atom is -0.326 e.